The Morgan fingerprint density at radius 1 is 1.39 bits per heavy atom. The fraction of sp³-hybridized carbons (Fsp3) is 0.583. The van der Waals surface area contributed by atoms with Gasteiger partial charge in [0.2, 0.25) is 0 Å². The van der Waals surface area contributed by atoms with Gasteiger partial charge < -0.3 is 24.3 Å². The monoisotopic (exact) mass is 331 g/mol. The molecule has 0 aliphatic carbocycles. The molecule has 11 heteroatoms. The molecule has 0 saturated carbocycles. The van der Waals surface area contributed by atoms with Crippen LogP contribution in [-0.4, -0.2) is 51.8 Å². The molecule has 2 heterocycles. The number of nitro groups is 1. The summed E-state index contributed by atoms with van der Waals surface area (Å²) in [5, 5.41) is 10.7. The Kier molecular flexibility index (Phi) is 4.89. The Labute approximate surface area is 129 Å². The lowest BCUT2D eigenvalue weighted by molar-refractivity contribution is -0.393. The van der Waals surface area contributed by atoms with E-state index in [2.05, 4.69) is 9.97 Å². The van der Waals surface area contributed by atoms with E-state index in [1.54, 1.807) is 0 Å². The Morgan fingerprint density at radius 2 is 2.00 bits per heavy atom. The van der Waals surface area contributed by atoms with Crippen LogP contribution in [0.1, 0.15) is 25.6 Å². The van der Waals surface area contributed by atoms with E-state index in [1.165, 1.54) is 0 Å². The van der Waals surface area contributed by atoms with E-state index in [0.29, 0.717) is 0 Å². The third-order valence-electron chi connectivity index (χ3n) is 3.13. The molecule has 2 rings (SSSR count). The molecular formula is C12H14FN3O7. The van der Waals surface area contributed by atoms with Crippen molar-refractivity contribution in [3.8, 4) is 0 Å². The van der Waals surface area contributed by atoms with Crippen LogP contribution >= 0.6 is 0 Å². The van der Waals surface area contributed by atoms with Gasteiger partial charge in [0.15, 0.2) is 18.3 Å². The summed E-state index contributed by atoms with van der Waals surface area (Å²) >= 11 is 0. The average Bonchev–Trinajstić information content (AvgIpc) is 3.04. The van der Waals surface area contributed by atoms with Gasteiger partial charge in [0.1, 0.15) is 24.7 Å². The Hall–Kier alpha value is -2.56. The van der Waals surface area contributed by atoms with Gasteiger partial charge in [0, 0.05) is 13.8 Å². The van der Waals surface area contributed by atoms with E-state index in [4.69, 9.17) is 14.2 Å². The van der Waals surface area contributed by atoms with Gasteiger partial charge in [-0.2, -0.15) is 0 Å². The number of hydrogen-bond acceptors (Lipinski definition) is 8. The van der Waals surface area contributed by atoms with Crippen LogP contribution in [0.3, 0.4) is 0 Å². The first-order valence-corrected chi connectivity index (χ1v) is 6.58. The number of esters is 2. The van der Waals surface area contributed by atoms with E-state index >= 15 is 0 Å². The lowest BCUT2D eigenvalue weighted by Crippen LogP contribution is -2.38. The highest BCUT2D eigenvalue weighted by Crippen LogP contribution is 2.37. The summed E-state index contributed by atoms with van der Waals surface area (Å²) in [5.41, 5.74) is 0.107. The van der Waals surface area contributed by atoms with Gasteiger partial charge in [0.05, 0.1) is 0 Å². The molecule has 1 fully saturated rings. The van der Waals surface area contributed by atoms with E-state index < -0.39 is 53.9 Å². The number of ether oxygens (including phenoxy) is 3. The molecule has 1 aromatic heterocycles. The minimum Gasteiger partial charge on any atom is -0.456 e. The van der Waals surface area contributed by atoms with Crippen LogP contribution in [0.2, 0.25) is 0 Å². The van der Waals surface area contributed by atoms with Gasteiger partial charge >= 0.3 is 17.9 Å². The topological polar surface area (TPSA) is 134 Å². The molecule has 0 spiro atoms. The number of nitrogens with zero attached hydrogens (tertiary/aromatic N) is 2. The number of nitrogens with one attached hydrogen (secondary N) is 1. The zero-order valence-corrected chi connectivity index (χ0v) is 12.2. The van der Waals surface area contributed by atoms with E-state index in [0.717, 1.165) is 20.0 Å². The summed E-state index contributed by atoms with van der Waals surface area (Å²) in [6.45, 7) is 1.25. The molecule has 1 aliphatic rings. The predicted molar refractivity (Wildman–Crippen MR) is 69.9 cm³/mol. The van der Waals surface area contributed by atoms with E-state index in [1.807, 2.05) is 0 Å². The molecule has 1 aromatic rings. The zero-order chi connectivity index (χ0) is 17.1. The van der Waals surface area contributed by atoms with Crippen molar-refractivity contribution in [3.63, 3.8) is 0 Å². The molecule has 10 nitrogen and oxygen atoms in total. The highest BCUT2D eigenvalue weighted by Gasteiger charge is 2.51. The van der Waals surface area contributed by atoms with Crippen molar-refractivity contribution in [2.24, 2.45) is 0 Å². The van der Waals surface area contributed by atoms with Gasteiger partial charge in [0.25, 0.3) is 0 Å². The number of alkyl halides is 1. The lowest BCUT2D eigenvalue weighted by Gasteiger charge is -2.21. The number of aromatic nitrogens is 2. The van der Waals surface area contributed by atoms with Crippen LogP contribution in [0.5, 0.6) is 0 Å². The number of halogens is 1. The first-order valence-electron chi connectivity index (χ1n) is 6.58. The number of hydrogen-bond donors (Lipinski definition) is 1. The molecule has 1 aliphatic heterocycles. The summed E-state index contributed by atoms with van der Waals surface area (Å²) in [4.78, 5) is 38.3. The summed E-state index contributed by atoms with van der Waals surface area (Å²) in [5.74, 6) is -1.95. The van der Waals surface area contributed by atoms with Crippen LogP contribution in [0.4, 0.5) is 10.3 Å². The SMILES string of the molecule is CC(=O)O[C@H]1[C@H](OC(C)=O)[C@H](c2cnc([N+](=O)[O-])[nH]2)O[C@@H]1CF. The van der Waals surface area contributed by atoms with Crippen molar-refractivity contribution in [2.45, 2.75) is 38.3 Å². The zero-order valence-electron chi connectivity index (χ0n) is 12.2. The van der Waals surface area contributed by atoms with E-state index in [9.17, 15) is 24.1 Å². The smallest absolute Gasteiger partial charge is 0.432 e. The predicted octanol–water partition coefficient (Wildman–Crippen LogP) is 0.591. The van der Waals surface area contributed by atoms with Crippen LogP contribution in [0.25, 0.3) is 0 Å². The van der Waals surface area contributed by atoms with Gasteiger partial charge in [-0.1, -0.05) is 4.98 Å². The Bertz CT molecular complexity index is 620. The van der Waals surface area contributed by atoms with Crippen molar-refractivity contribution in [2.75, 3.05) is 6.67 Å². The summed E-state index contributed by atoms with van der Waals surface area (Å²) in [7, 11) is 0. The molecule has 0 amide bonds. The normalized spacial score (nSPS) is 26.7. The first-order chi connectivity index (χ1) is 10.8. The molecule has 1 saturated heterocycles. The average molecular weight is 331 g/mol. The quantitative estimate of drug-likeness (QED) is 0.471. The lowest BCUT2D eigenvalue weighted by atomic mass is 10.1. The van der Waals surface area contributed by atoms with Crippen molar-refractivity contribution in [3.05, 3.63) is 22.0 Å². The van der Waals surface area contributed by atoms with Crippen molar-refractivity contribution in [1.82, 2.24) is 9.97 Å². The molecule has 126 valence electrons. The van der Waals surface area contributed by atoms with Gasteiger partial charge in [-0.15, -0.1) is 0 Å². The minimum absolute atomic E-state index is 0.107. The molecular weight excluding hydrogens is 317 g/mol. The number of carbonyl (C=O) groups excluding carboxylic acids is 2. The minimum atomic E-state index is -1.17. The van der Waals surface area contributed by atoms with Crippen molar-refractivity contribution < 1.29 is 33.1 Å². The van der Waals surface area contributed by atoms with Gasteiger partial charge in [-0.3, -0.25) is 9.59 Å². The standard InChI is InChI=1S/C12H14FN3O7/c1-5(17)21-10-8(3-13)23-9(11(10)22-6(2)18)7-4-14-12(15-7)16(19)20/h4,8-11H,3H2,1-2H3,(H,14,15)/t8-,9+,10-,11-/m1/s1. The number of H-pyrrole nitrogens is 1. The maximum Gasteiger partial charge on any atom is 0.432 e. The van der Waals surface area contributed by atoms with Crippen molar-refractivity contribution >= 4 is 17.9 Å². The number of imidazole rings is 1. The molecule has 0 unspecified atom stereocenters. The van der Waals surface area contributed by atoms with Gasteiger partial charge in [-0.05, 0) is 4.92 Å². The number of rotatable bonds is 5. The van der Waals surface area contributed by atoms with Crippen LogP contribution in [-0.2, 0) is 23.8 Å². The van der Waals surface area contributed by atoms with Gasteiger partial charge in [-0.25, -0.2) is 9.37 Å². The Balaban J connectivity index is 2.33. The summed E-state index contributed by atoms with van der Waals surface area (Å²) in [6.07, 6.45) is -3.46. The first kappa shape index (κ1) is 16.8. The van der Waals surface area contributed by atoms with Crippen LogP contribution < -0.4 is 0 Å². The molecule has 4 atom stereocenters. The summed E-state index contributed by atoms with van der Waals surface area (Å²) < 4.78 is 28.6. The maximum atomic E-state index is 13.1. The second-order valence-corrected chi connectivity index (χ2v) is 4.82. The Morgan fingerprint density at radius 3 is 2.48 bits per heavy atom. The van der Waals surface area contributed by atoms with E-state index in [-0.39, 0.29) is 5.69 Å². The highest BCUT2D eigenvalue weighted by atomic mass is 19.1. The van der Waals surface area contributed by atoms with Crippen LogP contribution in [0, 0.1) is 10.1 Å². The summed E-state index contributed by atoms with van der Waals surface area (Å²) in [6, 6.07) is 0. The third kappa shape index (κ3) is 3.62. The molecule has 0 radical (unpaired) electrons. The fourth-order valence-electron chi connectivity index (χ4n) is 2.32. The molecule has 1 N–H and O–H groups in total. The third-order valence-corrected chi connectivity index (χ3v) is 3.13. The highest BCUT2D eigenvalue weighted by molar-refractivity contribution is 5.67. The molecule has 23 heavy (non-hydrogen) atoms. The maximum absolute atomic E-state index is 13.1. The molecule has 0 aromatic carbocycles. The molecule has 0 bridgehead atoms. The number of carbonyl (C=O) groups is 2. The number of aromatic amines is 1. The van der Waals surface area contributed by atoms with Crippen LogP contribution in [0.15, 0.2) is 6.20 Å². The van der Waals surface area contributed by atoms with Crippen molar-refractivity contribution in [1.29, 1.82) is 0 Å². The fourth-order valence-corrected chi connectivity index (χ4v) is 2.32. The second-order valence-electron chi connectivity index (χ2n) is 4.82. The largest absolute Gasteiger partial charge is 0.456 e. The second kappa shape index (κ2) is 6.69.